The molecule has 0 aliphatic carbocycles. The van der Waals surface area contributed by atoms with E-state index in [2.05, 4.69) is 25.7 Å². The number of pyridine rings is 1. The van der Waals surface area contributed by atoms with Gasteiger partial charge in [0.1, 0.15) is 5.75 Å². The van der Waals surface area contributed by atoms with Crippen LogP contribution in [0.25, 0.3) is 17.1 Å². The molecule has 8 nitrogen and oxygen atoms in total. The molecular formula is C23H20N6O2S. The average Bonchev–Trinajstić information content (AvgIpc) is 3.23. The van der Waals surface area contributed by atoms with Crippen LogP contribution in [-0.4, -0.2) is 42.7 Å². The quantitative estimate of drug-likeness (QED) is 0.256. The summed E-state index contributed by atoms with van der Waals surface area (Å²) >= 11 is 1.27. The van der Waals surface area contributed by atoms with Gasteiger partial charge in [-0.25, -0.2) is 5.43 Å². The summed E-state index contributed by atoms with van der Waals surface area (Å²) in [5.41, 5.74) is 6.09. The molecular weight excluding hydrogens is 424 g/mol. The monoisotopic (exact) mass is 444 g/mol. The normalized spacial score (nSPS) is 11.0. The topological polar surface area (TPSA) is 105 Å². The van der Waals surface area contributed by atoms with E-state index < -0.39 is 0 Å². The highest BCUT2D eigenvalue weighted by Gasteiger charge is 2.17. The van der Waals surface area contributed by atoms with Crippen molar-refractivity contribution >= 4 is 23.9 Å². The van der Waals surface area contributed by atoms with E-state index in [1.54, 1.807) is 36.7 Å². The van der Waals surface area contributed by atoms with Crippen LogP contribution < -0.4 is 5.43 Å². The fourth-order valence-electron chi connectivity index (χ4n) is 2.92. The number of phenolic OH excluding ortho intramolecular Hbond substituents is 1. The van der Waals surface area contributed by atoms with Crippen LogP contribution in [-0.2, 0) is 4.79 Å². The van der Waals surface area contributed by atoms with E-state index in [-0.39, 0.29) is 17.4 Å². The maximum atomic E-state index is 12.3. The molecule has 160 valence electrons. The highest BCUT2D eigenvalue weighted by Crippen LogP contribution is 2.27. The third kappa shape index (κ3) is 5.19. The molecule has 0 spiro atoms. The van der Waals surface area contributed by atoms with Crippen LogP contribution in [0, 0.1) is 6.92 Å². The summed E-state index contributed by atoms with van der Waals surface area (Å²) in [5, 5.41) is 22.7. The Morgan fingerprint density at radius 1 is 1.12 bits per heavy atom. The van der Waals surface area contributed by atoms with Crippen LogP contribution in [0.3, 0.4) is 0 Å². The van der Waals surface area contributed by atoms with Crippen LogP contribution in [0.5, 0.6) is 5.75 Å². The Kier molecular flexibility index (Phi) is 6.57. The SMILES string of the molecule is Cc1ccc(-n2c(SCC(=O)NN=Cc3cccc(O)c3)nnc2-c2ccncc2)cc1. The number of phenols is 1. The van der Waals surface area contributed by atoms with Gasteiger partial charge in [0, 0.05) is 23.6 Å². The van der Waals surface area contributed by atoms with Gasteiger partial charge in [0.15, 0.2) is 11.0 Å². The molecule has 0 saturated carbocycles. The predicted molar refractivity (Wildman–Crippen MR) is 124 cm³/mol. The molecule has 4 aromatic rings. The summed E-state index contributed by atoms with van der Waals surface area (Å²) in [6.45, 7) is 2.02. The number of amides is 1. The van der Waals surface area contributed by atoms with E-state index in [1.807, 2.05) is 47.9 Å². The molecule has 0 unspecified atom stereocenters. The van der Waals surface area contributed by atoms with Gasteiger partial charge in [-0.05, 0) is 48.9 Å². The minimum atomic E-state index is -0.282. The Morgan fingerprint density at radius 2 is 1.91 bits per heavy atom. The van der Waals surface area contributed by atoms with E-state index in [1.165, 1.54) is 18.0 Å². The van der Waals surface area contributed by atoms with Gasteiger partial charge < -0.3 is 5.11 Å². The van der Waals surface area contributed by atoms with Gasteiger partial charge in [-0.15, -0.1) is 10.2 Å². The zero-order valence-corrected chi connectivity index (χ0v) is 18.0. The highest BCUT2D eigenvalue weighted by molar-refractivity contribution is 7.99. The van der Waals surface area contributed by atoms with Crippen molar-refractivity contribution in [1.82, 2.24) is 25.2 Å². The fourth-order valence-corrected chi connectivity index (χ4v) is 3.67. The number of hydrazone groups is 1. The van der Waals surface area contributed by atoms with Crippen LogP contribution in [0.2, 0.25) is 0 Å². The summed E-state index contributed by atoms with van der Waals surface area (Å²) in [5.74, 6) is 0.630. The minimum absolute atomic E-state index is 0.109. The number of aromatic nitrogens is 4. The van der Waals surface area contributed by atoms with Crippen molar-refractivity contribution in [3.8, 4) is 22.8 Å². The van der Waals surface area contributed by atoms with Crippen molar-refractivity contribution < 1.29 is 9.90 Å². The number of benzene rings is 2. The highest BCUT2D eigenvalue weighted by atomic mass is 32.2. The number of aryl methyl sites for hydroxylation is 1. The smallest absolute Gasteiger partial charge is 0.250 e. The number of carbonyl (C=O) groups excluding carboxylic acids is 1. The Hall–Kier alpha value is -3.98. The molecule has 0 fully saturated rings. The summed E-state index contributed by atoms with van der Waals surface area (Å²) in [7, 11) is 0. The van der Waals surface area contributed by atoms with Crippen LogP contribution in [0.4, 0.5) is 0 Å². The Bertz CT molecular complexity index is 1240. The van der Waals surface area contributed by atoms with E-state index in [9.17, 15) is 9.90 Å². The van der Waals surface area contributed by atoms with Gasteiger partial charge in [-0.2, -0.15) is 5.10 Å². The molecule has 0 aliphatic rings. The third-order valence-corrected chi connectivity index (χ3v) is 5.40. The van der Waals surface area contributed by atoms with Gasteiger partial charge in [0.2, 0.25) is 0 Å². The fraction of sp³-hybridized carbons (Fsp3) is 0.0870. The average molecular weight is 445 g/mol. The van der Waals surface area contributed by atoms with E-state index in [0.717, 1.165) is 16.8 Å². The van der Waals surface area contributed by atoms with Gasteiger partial charge in [0.25, 0.3) is 5.91 Å². The maximum absolute atomic E-state index is 12.3. The number of hydrogen-bond donors (Lipinski definition) is 2. The number of aromatic hydroxyl groups is 1. The molecule has 4 rings (SSSR count). The maximum Gasteiger partial charge on any atom is 0.250 e. The second-order valence-electron chi connectivity index (χ2n) is 6.89. The largest absolute Gasteiger partial charge is 0.508 e. The summed E-state index contributed by atoms with van der Waals surface area (Å²) in [6, 6.07) is 18.3. The number of rotatable bonds is 7. The summed E-state index contributed by atoms with van der Waals surface area (Å²) in [6.07, 6.45) is 4.88. The molecule has 0 saturated heterocycles. The molecule has 2 N–H and O–H groups in total. The molecule has 1 amide bonds. The number of nitrogens with zero attached hydrogens (tertiary/aromatic N) is 5. The molecule has 0 radical (unpaired) electrons. The number of nitrogens with one attached hydrogen (secondary N) is 1. The van der Waals surface area contributed by atoms with Crippen LogP contribution >= 0.6 is 11.8 Å². The zero-order valence-electron chi connectivity index (χ0n) is 17.2. The van der Waals surface area contributed by atoms with E-state index >= 15 is 0 Å². The lowest BCUT2D eigenvalue weighted by Gasteiger charge is -2.10. The molecule has 32 heavy (non-hydrogen) atoms. The standard InChI is InChI=1S/C23H20N6O2S/c1-16-5-7-19(8-6-16)29-22(18-9-11-24-12-10-18)27-28-23(29)32-15-21(31)26-25-14-17-3-2-4-20(30)13-17/h2-14,30H,15H2,1H3,(H,26,31). The summed E-state index contributed by atoms with van der Waals surface area (Å²) in [4.78, 5) is 16.3. The molecule has 0 aliphatic heterocycles. The van der Waals surface area contributed by atoms with Crippen LogP contribution in [0.1, 0.15) is 11.1 Å². The molecule has 2 heterocycles. The van der Waals surface area contributed by atoms with E-state index in [4.69, 9.17) is 0 Å². The Balaban J connectivity index is 1.50. The Labute approximate surface area is 189 Å². The molecule has 9 heteroatoms. The van der Waals surface area contributed by atoms with Crippen molar-refractivity contribution in [1.29, 1.82) is 0 Å². The first-order valence-electron chi connectivity index (χ1n) is 9.77. The van der Waals surface area contributed by atoms with Crippen LogP contribution in [0.15, 0.2) is 83.3 Å². The van der Waals surface area contributed by atoms with Gasteiger partial charge in [-0.1, -0.05) is 41.6 Å². The third-order valence-electron chi connectivity index (χ3n) is 4.47. The second kappa shape index (κ2) is 9.88. The summed E-state index contributed by atoms with van der Waals surface area (Å²) < 4.78 is 1.92. The number of hydrogen-bond acceptors (Lipinski definition) is 7. The van der Waals surface area contributed by atoms with Crippen molar-refractivity contribution in [3.05, 3.63) is 84.2 Å². The first-order valence-corrected chi connectivity index (χ1v) is 10.8. The molecule has 2 aromatic carbocycles. The molecule has 0 bridgehead atoms. The predicted octanol–water partition coefficient (Wildman–Crippen LogP) is 3.59. The van der Waals surface area contributed by atoms with Crippen molar-refractivity contribution in [2.75, 3.05) is 5.75 Å². The van der Waals surface area contributed by atoms with Crippen molar-refractivity contribution in [3.63, 3.8) is 0 Å². The molecule has 0 atom stereocenters. The second-order valence-corrected chi connectivity index (χ2v) is 7.83. The van der Waals surface area contributed by atoms with Crippen molar-refractivity contribution in [2.24, 2.45) is 5.10 Å². The van der Waals surface area contributed by atoms with Crippen molar-refractivity contribution in [2.45, 2.75) is 12.1 Å². The first kappa shape index (κ1) is 21.3. The first-order chi connectivity index (χ1) is 15.6. The van der Waals surface area contributed by atoms with Gasteiger partial charge >= 0.3 is 0 Å². The zero-order chi connectivity index (χ0) is 22.3. The molecule has 2 aromatic heterocycles. The minimum Gasteiger partial charge on any atom is -0.508 e. The van der Waals surface area contributed by atoms with Gasteiger partial charge in [0.05, 0.1) is 12.0 Å². The van der Waals surface area contributed by atoms with Gasteiger partial charge in [-0.3, -0.25) is 14.3 Å². The number of carbonyl (C=O) groups is 1. The lowest BCUT2D eigenvalue weighted by molar-refractivity contribution is -0.118. The number of thioether (sulfide) groups is 1. The van der Waals surface area contributed by atoms with E-state index in [0.29, 0.717) is 16.5 Å². The lowest BCUT2D eigenvalue weighted by Crippen LogP contribution is -2.20. The Morgan fingerprint density at radius 3 is 2.66 bits per heavy atom. The lowest BCUT2D eigenvalue weighted by atomic mass is 10.2.